The van der Waals surface area contributed by atoms with Gasteiger partial charge in [0.15, 0.2) is 5.92 Å². The van der Waals surface area contributed by atoms with Gasteiger partial charge in [0.25, 0.3) is 0 Å². The van der Waals surface area contributed by atoms with Gasteiger partial charge < -0.3 is 14.3 Å². The van der Waals surface area contributed by atoms with Gasteiger partial charge in [-0.05, 0) is 5.56 Å². The molecule has 0 aliphatic heterocycles. The molecule has 5 heteroatoms. The molecule has 0 amide bonds. The fraction of sp³-hybridized carbons (Fsp3) is 0.438. The molecule has 0 saturated heterocycles. The molecule has 0 radical (unpaired) electrons. The van der Waals surface area contributed by atoms with Crippen molar-refractivity contribution in [2.45, 2.75) is 19.8 Å². The van der Waals surface area contributed by atoms with Gasteiger partial charge >= 0.3 is 11.9 Å². The quantitative estimate of drug-likeness (QED) is 0.455. The van der Waals surface area contributed by atoms with Gasteiger partial charge in [0.1, 0.15) is 6.29 Å². The van der Waals surface area contributed by atoms with Crippen LogP contribution in [-0.2, 0) is 23.9 Å². The van der Waals surface area contributed by atoms with Crippen LogP contribution in [0.3, 0.4) is 0 Å². The topological polar surface area (TPSA) is 69.7 Å². The first-order chi connectivity index (χ1) is 9.88. The van der Waals surface area contributed by atoms with Gasteiger partial charge in [-0.25, -0.2) is 0 Å². The van der Waals surface area contributed by atoms with Crippen LogP contribution in [0.5, 0.6) is 0 Å². The first kappa shape index (κ1) is 16.9. The van der Waals surface area contributed by atoms with Crippen LogP contribution in [0.4, 0.5) is 0 Å². The van der Waals surface area contributed by atoms with Crippen molar-refractivity contribution < 1.29 is 23.9 Å². The van der Waals surface area contributed by atoms with Crippen LogP contribution in [0.2, 0.25) is 0 Å². The van der Waals surface area contributed by atoms with E-state index in [-0.39, 0.29) is 0 Å². The Morgan fingerprint density at radius 1 is 1.05 bits per heavy atom. The fourth-order valence-corrected chi connectivity index (χ4v) is 2.41. The molecule has 0 aromatic heterocycles. The Morgan fingerprint density at radius 2 is 1.52 bits per heavy atom. The second-order valence-corrected chi connectivity index (χ2v) is 5.35. The molecule has 1 atom stereocenters. The van der Waals surface area contributed by atoms with E-state index in [1.54, 1.807) is 38.1 Å². The van der Waals surface area contributed by atoms with Gasteiger partial charge in [0.2, 0.25) is 0 Å². The minimum absolute atomic E-state index is 0.670. The number of esters is 2. The zero-order valence-corrected chi connectivity index (χ0v) is 12.7. The Morgan fingerprint density at radius 3 is 1.90 bits per heavy atom. The van der Waals surface area contributed by atoms with Crippen molar-refractivity contribution in [3.8, 4) is 0 Å². The molecule has 0 saturated carbocycles. The van der Waals surface area contributed by atoms with Crippen LogP contribution in [0.1, 0.15) is 25.3 Å². The third kappa shape index (κ3) is 3.68. The van der Waals surface area contributed by atoms with Crippen molar-refractivity contribution >= 4 is 18.2 Å². The van der Waals surface area contributed by atoms with Crippen molar-refractivity contribution in [1.82, 2.24) is 0 Å². The van der Waals surface area contributed by atoms with E-state index in [4.69, 9.17) is 9.47 Å². The fourth-order valence-electron chi connectivity index (χ4n) is 2.41. The molecule has 1 aromatic carbocycles. The normalized spacial score (nSPS) is 12.6. The molecule has 0 unspecified atom stereocenters. The first-order valence-corrected chi connectivity index (χ1v) is 6.56. The lowest BCUT2D eigenvalue weighted by Crippen LogP contribution is -2.40. The van der Waals surface area contributed by atoms with E-state index in [2.05, 4.69) is 0 Å². The Bertz CT molecular complexity index is 491. The van der Waals surface area contributed by atoms with Crippen molar-refractivity contribution in [3.05, 3.63) is 35.9 Å². The van der Waals surface area contributed by atoms with Crippen LogP contribution < -0.4 is 0 Å². The molecule has 0 aliphatic rings. The number of aldehydes is 1. The molecular weight excluding hydrogens is 272 g/mol. The Balaban J connectivity index is 3.43. The summed E-state index contributed by atoms with van der Waals surface area (Å²) in [4.78, 5) is 35.6. The second-order valence-electron chi connectivity index (χ2n) is 5.35. The lowest BCUT2D eigenvalue weighted by atomic mass is 9.69. The number of carbonyl (C=O) groups excluding carboxylic acids is 3. The molecule has 0 aliphatic carbocycles. The molecule has 0 heterocycles. The SMILES string of the molecule is COC(=O)C(C(=O)OC)[C@@H](c1ccccc1)C(C)(C)C=O. The Hall–Kier alpha value is -2.17. The summed E-state index contributed by atoms with van der Waals surface area (Å²) < 4.78 is 9.44. The maximum atomic E-state index is 12.1. The molecule has 21 heavy (non-hydrogen) atoms. The summed E-state index contributed by atoms with van der Waals surface area (Å²) in [7, 11) is 2.41. The van der Waals surface area contributed by atoms with E-state index in [1.165, 1.54) is 14.2 Å². The van der Waals surface area contributed by atoms with Crippen LogP contribution in [0, 0.1) is 11.3 Å². The number of hydrogen-bond acceptors (Lipinski definition) is 5. The number of methoxy groups -OCH3 is 2. The third-order valence-corrected chi connectivity index (χ3v) is 3.51. The smallest absolute Gasteiger partial charge is 0.320 e. The predicted octanol–water partition coefficient (Wildman–Crippen LogP) is 1.96. The number of carbonyl (C=O) groups is 3. The van der Waals surface area contributed by atoms with E-state index in [1.807, 2.05) is 6.07 Å². The minimum Gasteiger partial charge on any atom is -0.468 e. The molecule has 0 fully saturated rings. The van der Waals surface area contributed by atoms with Crippen LogP contribution >= 0.6 is 0 Å². The Labute approximate surface area is 124 Å². The van der Waals surface area contributed by atoms with Gasteiger partial charge in [0.05, 0.1) is 14.2 Å². The first-order valence-electron chi connectivity index (χ1n) is 6.56. The highest BCUT2D eigenvalue weighted by atomic mass is 16.5. The highest BCUT2D eigenvalue weighted by Gasteiger charge is 2.45. The third-order valence-electron chi connectivity index (χ3n) is 3.51. The summed E-state index contributed by atoms with van der Waals surface area (Å²) in [5.74, 6) is -3.30. The molecule has 5 nitrogen and oxygen atoms in total. The molecule has 1 rings (SSSR count). The van der Waals surface area contributed by atoms with Gasteiger partial charge in [-0.2, -0.15) is 0 Å². The zero-order valence-electron chi connectivity index (χ0n) is 12.7. The molecule has 1 aromatic rings. The number of rotatable bonds is 6. The number of ether oxygens (including phenoxy) is 2. The summed E-state index contributed by atoms with van der Waals surface area (Å²) in [6, 6.07) is 8.94. The van der Waals surface area contributed by atoms with Gasteiger partial charge in [-0.1, -0.05) is 44.2 Å². The number of benzene rings is 1. The van der Waals surface area contributed by atoms with E-state index >= 15 is 0 Å². The van der Waals surface area contributed by atoms with Crippen LogP contribution in [0.25, 0.3) is 0 Å². The van der Waals surface area contributed by atoms with Gasteiger partial charge in [-0.15, -0.1) is 0 Å². The van der Waals surface area contributed by atoms with Gasteiger partial charge in [0, 0.05) is 11.3 Å². The van der Waals surface area contributed by atoms with Crippen molar-refractivity contribution in [1.29, 1.82) is 0 Å². The summed E-state index contributed by atoms with van der Waals surface area (Å²) in [5, 5.41) is 0. The molecule has 114 valence electrons. The average molecular weight is 292 g/mol. The highest BCUT2D eigenvalue weighted by Crippen LogP contribution is 2.40. The summed E-state index contributed by atoms with van der Waals surface area (Å²) in [5.41, 5.74) is -0.232. The average Bonchev–Trinajstić information content (AvgIpc) is 2.51. The molecular formula is C16H20O5. The predicted molar refractivity (Wildman–Crippen MR) is 76.6 cm³/mol. The van der Waals surface area contributed by atoms with Crippen molar-refractivity contribution in [2.75, 3.05) is 14.2 Å². The Kier molecular flexibility index (Phi) is 5.64. The molecule has 0 spiro atoms. The number of hydrogen-bond donors (Lipinski definition) is 0. The summed E-state index contributed by atoms with van der Waals surface area (Å²) in [6.45, 7) is 3.35. The summed E-state index contributed by atoms with van der Waals surface area (Å²) in [6.07, 6.45) is 0.740. The van der Waals surface area contributed by atoms with Crippen LogP contribution in [-0.4, -0.2) is 32.4 Å². The monoisotopic (exact) mass is 292 g/mol. The van der Waals surface area contributed by atoms with E-state index in [0.29, 0.717) is 5.56 Å². The molecule has 0 N–H and O–H groups in total. The largest absolute Gasteiger partial charge is 0.468 e. The lowest BCUT2D eigenvalue weighted by molar-refractivity contribution is -0.161. The van der Waals surface area contributed by atoms with Crippen molar-refractivity contribution in [3.63, 3.8) is 0 Å². The highest BCUT2D eigenvalue weighted by molar-refractivity contribution is 5.96. The van der Waals surface area contributed by atoms with Crippen molar-refractivity contribution in [2.24, 2.45) is 11.3 Å². The lowest BCUT2D eigenvalue weighted by Gasteiger charge is -2.33. The second kappa shape index (κ2) is 7.02. The minimum atomic E-state index is -1.19. The van der Waals surface area contributed by atoms with Crippen LogP contribution in [0.15, 0.2) is 30.3 Å². The maximum absolute atomic E-state index is 12.1. The molecule has 0 bridgehead atoms. The maximum Gasteiger partial charge on any atom is 0.320 e. The standard InChI is InChI=1S/C16H20O5/c1-16(2,10-17)13(11-8-6-5-7-9-11)12(14(18)20-3)15(19)21-4/h5-10,12-13H,1-4H3/t13-/m1/s1. The van der Waals surface area contributed by atoms with E-state index in [0.717, 1.165) is 6.29 Å². The van der Waals surface area contributed by atoms with Gasteiger partial charge in [-0.3, -0.25) is 9.59 Å². The zero-order chi connectivity index (χ0) is 16.0. The van der Waals surface area contributed by atoms with E-state index < -0.39 is 29.2 Å². The summed E-state index contributed by atoms with van der Waals surface area (Å²) >= 11 is 0. The van der Waals surface area contributed by atoms with E-state index in [9.17, 15) is 14.4 Å².